The summed E-state index contributed by atoms with van der Waals surface area (Å²) in [6.45, 7) is 4.15. The number of carbonyl (C=O) groups is 1. The Morgan fingerprint density at radius 1 is 1.07 bits per heavy atom. The van der Waals surface area contributed by atoms with Crippen LogP contribution in [-0.4, -0.2) is 42.6 Å². The Balaban J connectivity index is 1.83. The maximum Gasteiger partial charge on any atom is 0.333 e. The summed E-state index contributed by atoms with van der Waals surface area (Å²) in [6, 6.07) is 9.58. The maximum atomic E-state index is 13.3. The summed E-state index contributed by atoms with van der Waals surface area (Å²) in [5, 5.41) is 0. The molecule has 158 valence electrons. The van der Waals surface area contributed by atoms with Crippen molar-refractivity contribution < 1.29 is 4.79 Å². The summed E-state index contributed by atoms with van der Waals surface area (Å²) in [5.74, 6) is -0.183. The highest BCUT2D eigenvalue weighted by Gasteiger charge is 2.23. The number of carbonyl (C=O) groups excluding carboxylic acids is 1. The number of hydrogen-bond donors (Lipinski definition) is 0. The van der Waals surface area contributed by atoms with E-state index in [9.17, 15) is 14.4 Å². The van der Waals surface area contributed by atoms with E-state index in [1.165, 1.54) is 4.57 Å². The molecule has 3 aromatic rings. The van der Waals surface area contributed by atoms with E-state index in [1.807, 2.05) is 30.3 Å². The predicted octanol–water partition coefficient (Wildman–Crippen LogP) is 1.83. The minimum Gasteiger partial charge on any atom is -0.341 e. The molecule has 0 radical (unpaired) electrons. The monoisotopic (exact) mass is 409 g/mol. The Morgan fingerprint density at radius 3 is 2.50 bits per heavy atom. The van der Waals surface area contributed by atoms with Gasteiger partial charge in [-0.15, -0.1) is 0 Å². The highest BCUT2D eigenvalue weighted by Crippen LogP contribution is 2.12. The second-order valence-corrected chi connectivity index (χ2v) is 7.80. The molecule has 2 aromatic heterocycles. The zero-order valence-corrected chi connectivity index (χ0v) is 17.3. The molecule has 8 heteroatoms. The second-order valence-electron chi connectivity index (χ2n) is 7.80. The molecule has 1 aliphatic heterocycles. The molecule has 0 N–H and O–H groups in total. The van der Waals surface area contributed by atoms with Crippen LogP contribution in [-0.2, 0) is 24.4 Å². The third-order valence-electron chi connectivity index (χ3n) is 5.67. The SMILES string of the molecule is CCCCn1cnc2c1c(=O)n(CC(=O)N1CCCC1)c(=O)n2Cc1ccccc1. The molecule has 1 aliphatic rings. The quantitative estimate of drug-likeness (QED) is 0.596. The average Bonchev–Trinajstić information content (AvgIpc) is 3.44. The number of nitrogens with zero attached hydrogens (tertiary/aromatic N) is 5. The van der Waals surface area contributed by atoms with Crippen molar-refractivity contribution in [1.29, 1.82) is 0 Å². The van der Waals surface area contributed by atoms with Gasteiger partial charge in [-0.05, 0) is 24.8 Å². The Labute approximate surface area is 174 Å². The zero-order chi connectivity index (χ0) is 21.1. The summed E-state index contributed by atoms with van der Waals surface area (Å²) >= 11 is 0. The van der Waals surface area contributed by atoms with Gasteiger partial charge in [-0.3, -0.25) is 14.2 Å². The molecular weight excluding hydrogens is 382 g/mol. The summed E-state index contributed by atoms with van der Waals surface area (Å²) in [6.07, 6.45) is 5.42. The van der Waals surface area contributed by atoms with Gasteiger partial charge in [0.25, 0.3) is 5.56 Å². The molecule has 0 saturated carbocycles. The van der Waals surface area contributed by atoms with Crippen LogP contribution in [0.1, 0.15) is 38.2 Å². The van der Waals surface area contributed by atoms with E-state index in [0.29, 0.717) is 37.3 Å². The van der Waals surface area contributed by atoms with Crippen LogP contribution in [0, 0.1) is 0 Å². The van der Waals surface area contributed by atoms with Crippen LogP contribution in [0.4, 0.5) is 0 Å². The van der Waals surface area contributed by atoms with Crippen LogP contribution in [0.3, 0.4) is 0 Å². The van der Waals surface area contributed by atoms with Crippen LogP contribution < -0.4 is 11.2 Å². The number of likely N-dealkylation sites (tertiary alicyclic amines) is 1. The molecule has 1 saturated heterocycles. The number of amides is 1. The minimum atomic E-state index is -0.496. The molecule has 8 nitrogen and oxygen atoms in total. The Kier molecular flexibility index (Phi) is 5.83. The first-order valence-electron chi connectivity index (χ1n) is 10.6. The van der Waals surface area contributed by atoms with Crippen LogP contribution in [0.25, 0.3) is 11.2 Å². The smallest absolute Gasteiger partial charge is 0.333 e. The molecule has 0 atom stereocenters. The number of fused-ring (bicyclic) bond motifs is 1. The lowest BCUT2D eigenvalue weighted by molar-refractivity contribution is -0.130. The van der Waals surface area contributed by atoms with Crippen molar-refractivity contribution in [3.8, 4) is 0 Å². The fourth-order valence-corrected chi connectivity index (χ4v) is 3.99. The fourth-order valence-electron chi connectivity index (χ4n) is 3.99. The number of aromatic nitrogens is 4. The highest BCUT2D eigenvalue weighted by molar-refractivity contribution is 5.77. The Bertz CT molecular complexity index is 1150. The van der Waals surface area contributed by atoms with E-state index in [4.69, 9.17) is 0 Å². The van der Waals surface area contributed by atoms with Gasteiger partial charge in [-0.2, -0.15) is 0 Å². The van der Waals surface area contributed by atoms with Crippen molar-refractivity contribution in [2.24, 2.45) is 0 Å². The highest BCUT2D eigenvalue weighted by atomic mass is 16.2. The van der Waals surface area contributed by atoms with Crippen LogP contribution in [0.2, 0.25) is 0 Å². The van der Waals surface area contributed by atoms with Gasteiger partial charge in [-0.1, -0.05) is 43.7 Å². The van der Waals surface area contributed by atoms with E-state index >= 15 is 0 Å². The molecule has 3 heterocycles. The van der Waals surface area contributed by atoms with E-state index in [0.717, 1.165) is 35.8 Å². The summed E-state index contributed by atoms with van der Waals surface area (Å²) in [4.78, 5) is 45.4. The fraction of sp³-hybridized carbons (Fsp3) is 0.455. The van der Waals surface area contributed by atoms with Gasteiger partial charge in [-0.25, -0.2) is 14.3 Å². The lowest BCUT2D eigenvalue weighted by Gasteiger charge is -2.17. The number of imidazole rings is 1. The average molecular weight is 409 g/mol. The first-order chi connectivity index (χ1) is 14.6. The molecule has 1 aromatic carbocycles. The van der Waals surface area contributed by atoms with Gasteiger partial charge >= 0.3 is 5.69 Å². The normalized spacial score (nSPS) is 14.0. The zero-order valence-electron chi connectivity index (χ0n) is 17.3. The number of hydrogen-bond acceptors (Lipinski definition) is 4. The van der Waals surface area contributed by atoms with Crippen molar-refractivity contribution in [2.75, 3.05) is 13.1 Å². The third kappa shape index (κ3) is 3.81. The van der Waals surface area contributed by atoms with Gasteiger partial charge in [0.05, 0.1) is 12.9 Å². The van der Waals surface area contributed by atoms with E-state index in [2.05, 4.69) is 11.9 Å². The van der Waals surface area contributed by atoms with Crippen LogP contribution >= 0.6 is 0 Å². The molecule has 1 amide bonds. The van der Waals surface area contributed by atoms with Crippen molar-refractivity contribution in [1.82, 2.24) is 23.6 Å². The third-order valence-corrected chi connectivity index (χ3v) is 5.67. The lowest BCUT2D eigenvalue weighted by atomic mass is 10.2. The van der Waals surface area contributed by atoms with Crippen molar-refractivity contribution in [2.45, 2.75) is 52.2 Å². The van der Waals surface area contributed by atoms with Crippen LogP contribution in [0.5, 0.6) is 0 Å². The molecule has 1 fully saturated rings. The lowest BCUT2D eigenvalue weighted by Crippen LogP contribution is -2.45. The number of rotatable bonds is 7. The molecule has 0 unspecified atom stereocenters. The van der Waals surface area contributed by atoms with Gasteiger partial charge in [0.2, 0.25) is 5.91 Å². The largest absolute Gasteiger partial charge is 0.341 e. The van der Waals surface area contributed by atoms with E-state index in [1.54, 1.807) is 15.8 Å². The van der Waals surface area contributed by atoms with Crippen molar-refractivity contribution in [3.63, 3.8) is 0 Å². The number of aryl methyl sites for hydroxylation is 1. The van der Waals surface area contributed by atoms with E-state index < -0.39 is 11.2 Å². The first-order valence-corrected chi connectivity index (χ1v) is 10.6. The summed E-state index contributed by atoms with van der Waals surface area (Å²) < 4.78 is 4.39. The van der Waals surface area contributed by atoms with Crippen LogP contribution in [0.15, 0.2) is 46.2 Å². The van der Waals surface area contributed by atoms with Crippen molar-refractivity contribution >= 4 is 17.1 Å². The molecule has 30 heavy (non-hydrogen) atoms. The standard InChI is InChI=1S/C22H27N5O3/c1-2-3-11-25-16-23-20-19(25)21(29)27(15-18(28)24-12-7-8-13-24)22(30)26(20)14-17-9-5-4-6-10-17/h4-6,9-10,16H,2-3,7-8,11-15H2,1H3. The van der Waals surface area contributed by atoms with Gasteiger partial charge < -0.3 is 9.47 Å². The first kappa shape index (κ1) is 20.1. The molecular formula is C22H27N5O3. The number of unbranched alkanes of at least 4 members (excludes halogenated alkanes) is 1. The summed E-state index contributed by atoms with van der Waals surface area (Å²) in [5.41, 5.74) is 0.744. The molecule has 0 bridgehead atoms. The molecule has 0 aliphatic carbocycles. The van der Waals surface area contributed by atoms with E-state index in [-0.39, 0.29) is 12.5 Å². The topological polar surface area (TPSA) is 82.1 Å². The van der Waals surface area contributed by atoms with Crippen molar-refractivity contribution in [3.05, 3.63) is 63.1 Å². The summed E-state index contributed by atoms with van der Waals surface area (Å²) in [7, 11) is 0. The molecule has 0 spiro atoms. The van der Waals surface area contributed by atoms with Gasteiger partial charge in [0.1, 0.15) is 6.54 Å². The Hall–Kier alpha value is -3.16. The predicted molar refractivity (Wildman–Crippen MR) is 115 cm³/mol. The molecule has 4 rings (SSSR count). The minimum absolute atomic E-state index is 0.183. The van der Waals surface area contributed by atoms with Gasteiger partial charge in [0.15, 0.2) is 11.2 Å². The second kappa shape index (κ2) is 8.69. The van der Waals surface area contributed by atoms with Gasteiger partial charge in [0, 0.05) is 19.6 Å². The maximum absolute atomic E-state index is 13.3. The Morgan fingerprint density at radius 2 is 1.80 bits per heavy atom. The number of benzene rings is 1.